The normalized spacial score (nSPS) is 14.6. The van der Waals surface area contributed by atoms with E-state index in [1.165, 1.54) is 0 Å². The van der Waals surface area contributed by atoms with Crippen LogP contribution in [0, 0.1) is 0 Å². The van der Waals surface area contributed by atoms with E-state index in [0.717, 1.165) is 10.9 Å². The first-order chi connectivity index (χ1) is 9.60. The van der Waals surface area contributed by atoms with Gasteiger partial charge < -0.3 is 9.53 Å². The summed E-state index contributed by atoms with van der Waals surface area (Å²) >= 11 is 0. The molecular weight excluding hydrogens is 280 g/mol. The highest BCUT2D eigenvalue weighted by atomic mass is 28.4. The molecule has 1 atom stereocenters. The Morgan fingerprint density at radius 2 is 2.00 bits per heavy atom. The topological polar surface area (TPSA) is 47.3 Å². The summed E-state index contributed by atoms with van der Waals surface area (Å²) in [6.07, 6.45) is 1.92. The molecule has 0 aliphatic carbocycles. The van der Waals surface area contributed by atoms with Crippen molar-refractivity contribution < 1.29 is 9.53 Å². The number of aromatic nitrogens is 2. The van der Waals surface area contributed by atoms with Crippen molar-refractivity contribution in [2.75, 3.05) is 0 Å². The molecule has 116 valence electrons. The smallest absolute Gasteiger partial charge is 0.192 e. The number of phenols is 1. The monoisotopic (exact) mass is 306 g/mol. The Kier molecular flexibility index (Phi) is 4.17. The van der Waals surface area contributed by atoms with Gasteiger partial charge in [0.1, 0.15) is 5.75 Å². The fraction of sp³-hybridized carbons (Fsp3) is 0.562. The van der Waals surface area contributed by atoms with E-state index in [9.17, 15) is 5.11 Å². The molecule has 0 bridgehead atoms. The third-order valence-corrected chi connectivity index (χ3v) is 8.96. The molecule has 0 aliphatic rings. The summed E-state index contributed by atoms with van der Waals surface area (Å²) in [6.45, 7) is 14.0. The van der Waals surface area contributed by atoms with Crippen molar-refractivity contribution in [3.05, 3.63) is 24.4 Å². The number of nitrogens with zero attached hydrogens (tertiary/aromatic N) is 2. The first kappa shape index (κ1) is 16.0. The standard InChI is InChI=1S/C16H26N2O2Si/c1-12(20-21(5,6)16(2,3)4)11-18-15-9-14(19)8-7-13(15)10-17-18/h7-10,12,19H,11H2,1-6H3/t12-/m0/s1. The molecule has 21 heavy (non-hydrogen) atoms. The van der Waals surface area contributed by atoms with Gasteiger partial charge >= 0.3 is 0 Å². The second-order valence-corrected chi connectivity index (χ2v) is 12.0. The van der Waals surface area contributed by atoms with Crippen molar-refractivity contribution in [3.8, 4) is 5.75 Å². The number of fused-ring (bicyclic) bond motifs is 1. The largest absolute Gasteiger partial charge is 0.508 e. The lowest BCUT2D eigenvalue weighted by Gasteiger charge is -2.38. The van der Waals surface area contributed by atoms with Gasteiger partial charge in [-0.2, -0.15) is 5.10 Å². The molecule has 0 amide bonds. The minimum atomic E-state index is -1.77. The minimum Gasteiger partial charge on any atom is -0.508 e. The molecule has 2 rings (SSSR count). The van der Waals surface area contributed by atoms with Crippen LogP contribution in [-0.2, 0) is 11.0 Å². The molecule has 1 N–H and O–H groups in total. The molecular formula is C16H26N2O2Si. The fourth-order valence-corrected chi connectivity index (χ4v) is 3.60. The molecule has 0 saturated carbocycles. The Hall–Kier alpha value is -1.33. The van der Waals surface area contributed by atoms with Gasteiger partial charge in [-0.1, -0.05) is 20.8 Å². The van der Waals surface area contributed by atoms with Crippen LogP contribution in [0.4, 0.5) is 0 Å². The highest BCUT2D eigenvalue weighted by Crippen LogP contribution is 2.37. The van der Waals surface area contributed by atoms with Crippen molar-refractivity contribution in [1.29, 1.82) is 0 Å². The first-order valence-electron chi connectivity index (χ1n) is 7.42. The SMILES string of the molecule is C[C@@H](Cn1ncc2ccc(O)cc21)O[Si](C)(C)C(C)(C)C. The van der Waals surface area contributed by atoms with Crippen molar-refractivity contribution >= 4 is 19.2 Å². The Morgan fingerprint density at radius 3 is 2.62 bits per heavy atom. The Morgan fingerprint density at radius 1 is 1.33 bits per heavy atom. The highest BCUT2D eigenvalue weighted by molar-refractivity contribution is 6.74. The van der Waals surface area contributed by atoms with Crippen LogP contribution < -0.4 is 0 Å². The van der Waals surface area contributed by atoms with Gasteiger partial charge in [-0.15, -0.1) is 0 Å². The third-order valence-electron chi connectivity index (χ3n) is 4.36. The molecule has 1 aromatic carbocycles. The van der Waals surface area contributed by atoms with Gasteiger partial charge in [0.15, 0.2) is 8.32 Å². The zero-order valence-electron chi connectivity index (χ0n) is 13.8. The summed E-state index contributed by atoms with van der Waals surface area (Å²) in [5.74, 6) is 0.266. The lowest BCUT2D eigenvalue weighted by Crippen LogP contribution is -2.44. The summed E-state index contributed by atoms with van der Waals surface area (Å²) < 4.78 is 8.28. The van der Waals surface area contributed by atoms with Crippen LogP contribution in [0.3, 0.4) is 0 Å². The van der Waals surface area contributed by atoms with Gasteiger partial charge in [-0.25, -0.2) is 0 Å². The summed E-state index contributed by atoms with van der Waals surface area (Å²) in [5, 5.41) is 15.3. The maximum atomic E-state index is 9.63. The summed E-state index contributed by atoms with van der Waals surface area (Å²) in [6, 6.07) is 5.32. The molecule has 1 aromatic heterocycles. The Bertz CT molecular complexity index is 629. The van der Waals surface area contributed by atoms with Gasteiger partial charge in [0, 0.05) is 11.5 Å². The molecule has 0 spiro atoms. The summed E-state index contributed by atoms with van der Waals surface area (Å²) in [4.78, 5) is 0. The average Bonchev–Trinajstić information content (AvgIpc) is 2.69. The predicted molar refractivity (Wildman–Crippen MR) is 89.1 cm³/mol. The Labute approximate surface area is 127 Å². The zero-order chi connectivity index (χ0) is 15.8. The van der Waals surface area contributed by atoms with Crippen LogP contribution in [0.5, 0.6) is 5.75 Å². The van der Waals surface area contributed by atoms with E-state index < -0.39 is 8.32 Å². The molecule has 4 nitrogen and oxygen atoms in total. The van der Waals surface area contributed by atoms with Crippen LogP contribution in [0.2, 0.25) is 18.1 Å². The van der Waals surface area contributed by atoms with E-state index in [1.807, 2.05) is 16.9 Å². The van der Waals surface area contributed by atoms with Gasteiger partial charge in [-0.05, 0) is 37.2 Å². The van der Waals surface area contributed by atoms with Gasteiger partial charge in [0.2, 0.25) is 0 Å². The van der Waals surface area contributed by atoms with Crippen LogP contribution in [-0.4, -0.2) is 29.3 Å². The highest BCUT2D eigenvalue weighted by Gasteiger charge is 2.38. The van der Waals surface area contributed by atoms with Gasteiger partial charge in [0.05, 0.1) is 24.4 Å². The van der Waals surface area contributed by atoms with Crippen LogP contribution in [0.25, 0.3) is 10.9 Å². The van der Waals surface area contributed by atoms with E-state index in [4.69, 9.17) is 4.43 Å². The quantitative estimate of drug-likeness (QED) is 0.863. The molecule has 0 unspecified atom stereocenters. The molecule has 0 aliphatic heterocycles. The lowest BCUT2D eigenvalue weighted by molar-refractivity contribution is 0.176. The van der Waals surface area contributed by atoms with E-state index in [0.29, 0.717) is 6.54 Å². The van der Waals surface area contributed by atoms with Crippen molar-refractivity contribution in [2.24, 2.45) is 0 Å². The van der Waals surface area contributed by atoms with E-state index >= 15 is 0 Å². The zero-order valence-corrected chi connectivity index (χ0v) is 14.8. The number of hydrogen-bond donors (Lipinski definition) is 1. The van der Waals surface area contributed by atoms with E-state index in [2.05, 4.69) is 45.9 Å². The average molecular weight is 306 g/mol. The van der Waals surface area contributed by atoms with Crippen molar-refractivity contribution in [3.63, 3.8) is 0 Å². The van der Waals surface area contributed by atoms with Crippen molar-refractivity contribution in [1.82, 2.24) is 9.78 Å². The number of rotatable bonds is 4. The summed E-state index contributed by atoms with van der Waals surface area (Å²) in [7, 11) is -1.77. The first-order valence-corrected chi connectivity index (χ1v) is 10.3. The number of hydrogen-bond acceptors (Lipinski definition) is 3. The molecule has 1 heterocycles. The maximum absolute atomic E-state index is 9.63. The van der Waals surface area contributed by atoms with Gasteiger partial charge in [0.25, 0.3) is 0 Å². The fourth-order valence-electron chi connectivity index (χ4n) is 2.16. The molecule has 0 fully saturated rings. The van der Waals surface area contributed by atoms with Crippen LogP contribution in [0.1, 0.15) is 27.7 Å². The van der Waals surface area contributed by atoms with Gasteiger partial charge in [-0.3, -0.25) is 4.68 Å². The van der Waals surface area contributed by atoms with Crippen LogP contribution in [0.15, 0.2) is 24.4 Å². The third kappa shape index (κ3) is 3.47. The van der Waals surface area contributed by atoms with E-state index in [-0.39, 0.29) is 16.9 Å². The second-order valence-electron chi connectivity index (χ2n) is 7.26. The van der Waals surface area contributed by atoms with E-state index in [1.54, 1.807) is 12.1 Å². The molecule has 0 saturated heterocycles. The molecule has 5 heteroatoms. The van der Waals surface area contributed by atoms with Crippen LogP contribution >= 0.6 is 0 Å². The van der Waals surface area contributed by atoms with Crippen molar-refractivity contribution in [2.45, 2.75) is 58.5 Å². The Balaban J connectivity index is 2.15. The number of phenolic OH excluding ortho intramolecular Hbond substituents is 1. The number of benzene rings is 1. The molecule has 0 radical (unpaired) electrons. The second kappa shape index (κ2) is 5.46. The minimum absolute atomic E-state index is 0.0938. The maximum Gasteiger partial charge on any atom is 0.192 e. The lowest BCUT2D eigenvalue weighted by atomic mass is 10.2. The summed E-state index contributed by atoms with van der Waals surface area (Å²) in [5.41, 5.74) is 0.945. The molecule has 2 aromatic rings. The number of aromatic hydroxyl groups is 1. The predicted octanol–water partition coefficient (Wildman–Crippen LogP) is 4.15.